The van der Waals surface area contributed by atoms with E-state index in [-0.39, 0.29) is 0 Å². The molecule has 0 atom stereocenters. The zero-order valence-corrected chi connectivity index (χ0v) is 11.0. The maximum atomic E-state index is 9.01. The van der Waals surface area contributed by atoms with Crippen LogP contribution in [0.25, 0.3) is 16.9 Å². The molecule has 0 aliphatic heterocycles. The molecule has 0 aliphatic carbocycles. The van der Waals surface area contributed by atoms with Gasteiger partial charge in [-0.15, -0.1) is 0 Å². The van der Waals surface area contributed by atoms with Crippen LogP contribution >= 0.6 is 0 Å². The van der Waals surface area contributed by atoms with Crippen molar-refractivity contribution in [2.75, 3.05) is 0 Å². The summed E-state index contributed by atoms with van der Waals surface area (Å²) in [5, 5.41) is 13.3. The van der Waals surface area contributed by atoms with E-state index >= 15 is 0 Å². The molecule has 0 unspecified atom stereocenters. The Morgan fingerprint density at radius 3 is 2.65 bits per heavy atom. The zero-order valence-electron chi connectivity index (χ0n) is 11.0. The van der Waals surface area contributed by atoms with Crippen LogP contribution in [0, 0.1) is 18.3 Å². The SMILES string of the molecule is Cc1cc(C#N)cc(-n2cc(-c3ccccc3)cn2)n1. The molecule has 2 heterocycles. The smallest absolute Gasteiger partial charge is 0.154 e. The number of rotatable bonds is 2. The molecule has 0 bridgehead atoms. The Hall–Kier alpha value is -2.93. The summed E-state index contributed by atoms with van der Waals surface area (Å²) in [4.78, 5) is 4.41. The lowest BCUT2D eigenvalue weighted by Gasteiger charge is -2.02. The first-order valence-corrected chi connectivity index (χ1v) is 6.25. The lowest BCUT2D eigenvalue weighted by Crippen LogP contribution is -1.99. The zero-order chi connectivity index (χ0) is 13.9. The molecule has 0 amide bonds. The van der Waals surface area contributed by atoms with Gasteiger partial charge in [0, 0.05) is 23.5 Å². The van der Waals surface area contributed by atoms with Gasteiger partial charge in [0.15, 0.2) is 5.82 Å². The molecular formula is C16H12N4. The normalized spacial score (nSPS) is 10.2. The number of aryl methyl sites for hydroxylation is 1. The van der Waals surface area contributed by atoms with Gasteiger partial charge < -0.3 is 0 Å². The molecule has 0 saturated carbocycles. The number of nitriles is 1. The van der Waals surface area contributed by atoms with Crippen LogP contribution in [0.4, 0.5) is 0 Å². The largest absolute Gasteiger partial charge is 0.234 e. The van der Waals surface area contributed by atoms with Gasteiger partial charge in [0.1, 0.15) is 0 Å². The first-order valence-electron chi connectivity index (χ1n) is 6.25. The fraction of sp³-hybridized carbons (Fsp3) is 0.0625. The average Bonchev–Trinajstić information content (AvgIpc) is 2.97. The second-order valence-corrected chi connectivity index (χ2v) is 4.51. The summed E-state index contributed by atoms with van der Waals surface area (Å²) in [7, 11) is 0. The molecular weight excluding hydrogens is 248 g/mol. The number of benzene rings is 1. The highest BCUT2D eigenvalue weighted by Gasteiger charge is 2.06. The molecule has 4 nitrogen and oxygen atoms in total. The van der Waals surface area contributed by atoms with Crippen LogP contribution in [-0.4, -0.2) is 14.8 Å². The number of pyridine rings is 1. The molecule has 96 valence electrons. The maximum Gasteiger partial charge on any atom is 0.154 e. The van der Waals surface area contributed by atoms with Crippen LogP contribution in [0.5, 0.6) is 0 Å². The molecule has 2 aromatic heterocycles. The van der Waals surface area contributed by atoms with E-state index in [9.17, 15) is 0 Å². The minimum absolute atomic E-state index is 0.587. The predicted molar refractivity (Wildman–Crippen MR) is 76.2 cm³/mol. The molecule has 3 aromatic rings. The first-order chi connectivity index (χ1) is 9.76. The van der Waals surface area contributed by atoms with E-state index in [1.54, 1.807) is 23.0 Å². The van der Waals surface area contributed by atoms with Gasteiger partial charge in [-0.2, -0.15) is 10.4 Å². The summed E-state index contributed by atoms with van der Waals surface area (Å²) in [6, 6.07) is 15.7. The fourth-order valence-electron chi connectivity index (χ4n) is 2.06. The standard InChI is InChI=1S/C16H12N4/c1-12-7-13(9-17)8-16(19-12)20-11-15(10-18-20)14-5-3-2-4-6-14/h2-8,10-11H,1H3. The summed E-state index contributed by atoms with van der Waals surface area (Å²) in [5.74, 6) is 0.656. The Balaban J connectivity index is 2.03. The predicted octanol–water partition coefficient (Wildman–Crippen LogP) is 3.11. The lowest BCUT2D eigenvalue weighted by atomic mass is 10.1. The average molecular weight is 260 g/mol. The van der Waals surface area contributed by atoms with Gasteiger partial charge >= 0.3 is 0 Å². The molecule has 0 aliphatic rings. The molecule has 4 heteroatoms. The highest BCUT2D eigenvalue weighted by Crippen LogP contribution is 2.19. The summed E-state index contributed by atoms with van der Waals surface area (Å²) < 4.78 is 1.69. The lowest BCUT2D eigenvalue weighted by molar-refractivity contribution is 0.840. The van der Waals surface area contributed by atoms with E-state index in [0.29, 0.717) is 11.4 Å². The van der Waals surface area contributed by atoms with E-state index in [0.717, 1.165) is 16.8 Å². The monoisotopic (exact) mass is 260 g/mol. The van der Waals surface area contributed by atoms with Crippen LogP contribution in [0.15, 0.2) is 54.9 Å². The topological polar surface area (TPSA) is 54.5 Å². The molecule has 0 N–H and O–H groups in total. The second-order valence-electron chi connectivity index (χ2n) is 4.51. The molecule has 3 rings (SSSR count). The molecule has 0 spiro atoms. The van der Waals surface area contributed by atoms with E-state index in [1.807, 2.05) is 43.5 Å². The maximum absolute atomic E-state index is 9.01. The van der Waals surface area contributed by atoms with Crippen LogP contribution in [0.3, 0.4) is 0 Å². The summed E-state index contributed by atoms with van der Waals surface area (Å²) in [6.07, 6.45) is 3.71. The second kappa shape index (κ2) is 4.98. The van der Waals surface area contributed by atoms with Gasteiger partial charge in [-0.3, -0.25) is 0 Å². The third-order valence-electron chi connectivity index (χ3n) is 2.99. The Bertz CT molecular complexity index is 782. The van der Waals surface area contributed by atoms with Crippen molar-refractivity contribution in [1.29, 1.82) is 5.26 Å². The van der Waals surface area contributed by atoms with E-state index in [2.05, 4.69) is 16.2 Å². The van der Waals surface area contributed by atoms with Gasteiger partial charge in [-0.25, -0.2) is 9.67 Å². The highest BCUT2D eigenvalue weighted by atomic mass is 15.3. The summed E-state index contributed by atoms with van der Waals surface area (Å²) >= 11 is 0. The van der Waals surface area contributed by atoms with Crippen molar-refractivity contribution in [3.8, 4) is 23.0 Å². The summed E-state index contributed by atoms with van der Waals surface area (Å²) in [6.45, 7) is 1.87. The van der Waals surface area contributed by atoms with E-state index in [1.165, 1.54) is 0 Å². The van der Waals surface area contributed by atoms with Crippen molar-refractivity contribution in [1.82, 2.24) is 14.8 Å². The van der Waals surface area contributed by atoms with Gasteiger partial charge in [0.05, 0.1) is 17.8 Å². The van der Waals surface area contributed by atoms with Crippen molar-refractivity contribution < 1.29 is 0 Å². The van der Waals surface area contributed by atoms with Crippen molar-refractivity contribution in [3.63, 3.8) is 0 Å². The minimum Gasteiger partial charge on any atom is -0.234 e. The number of aromatic nitrogens is 3. The third-order valence-corrected chi connectivity index (χ3v) is 2.99. The molecule has 20 heavy (non-hydrogen) atoms. The quantitative estimate of drug-likeness (QED) is 0.711. The Morgan fingerprint density at radius 1 is 1.10 bits per heavy atom. The van der Waals surface area contributed by atoms with Crippen LogP contribution < -0.4 is 0 Å². The van der Waals surface area contributed by atoms with E-state index < -0.39 is 0 Å². The van der Waals surface area contributed by atoms with Crippen LogP contribution in [0.2, 0.25) is 0 Å². The van der Waals surface area contributed by atoms with Crippen molar-refractivity contribution in [3.05, 3.63) is 66.1 Å². The molecule has 0 radical (unpaired) electrons. The van der Waals surface area contributed by atoms with Crippen LogP contribution in [0.1, 0.15) is 11.3 Å². The Labute approximate surface area is 116 Å². The number of hydrogen-bond donors (Lipinski definition) is 0. The van der Waals surface area contributed by atoms with Gasteiger partial charge in [0.25, 0.3) is 0 Å². The number of hydrogen-bond acceptors (Lipinski definition) is 3. The van der Waals surface area contributed by atoms with Gasteiger partial charge in [-0.1, -0.05) is 30.3 Å². The highest BCUT2D eigenvalue weighted by molar-refractivity contribution is 5.61. The summed E-state index contributed by atoms with van der Waals surface area (Å²) in [5.41, 5.74) is 3.51. The van der Waals surface area contributed by atoms with Crippen molar-refractivity contribution in [2.45, 2.75) is 6.92 Å². The minimum atomic E-state index is 0.587. The van der Waals surface area contributed by atoms with Gasteiger partial charge in [0.2, 0.25) is 0 Å². The number of nitrogens with zero attached hydrogens (tertiary/aromatic N) is 4. The Kier molecular flexibility index (Phi) is 3.02. The molecule has 0 saturated heterocycles. The van der Waals surface area contributed by atoms with Crippen molar-refractivity contribution in [2.24, 2.45) is 0 Å². The Morgan fingerprint density at radius 2 is 1.90 bits per heavy atom. The van der Waals surface area contributed by atoms with Crippen LogP contribution in [-0.2, 0) is 0 Å². The third kappa shape index (κ3) is 2.29. The van der Waals surface area contributed by atoms with Crippen molar-refractivity contribution >= 4 is 0 Å². The molecule has 0 fully saturated rings. The first kappa shape index (κ1) is 12.1. The van der Waals surface area contributed by atoms with E-state index in [4.69, 9.17) is 5.26 Å². The fourth-order valence-corrected chi connectivity index (χ4v) is 2.06. The van der Waals surface area contributed by atoms with Gasteiger partial charge in [-0.05, 0) is 18.6 Å². The molecule has 1 aromatic carbocycles.